The van der Waals surface area contributed by atoms with Crippen LogP contribution in [-0.4, -0.2) is 42.2 Å². The lowest BCUT2D eigenvalue weighted by molar-refractivity contribution is -0.385. The number of nitrogens with one attached hydrogen (secondary N) is 1. The van der Waals surface area contributed by atoms with Crippen LogP contribution in [0.3, 0.4) is 0 Å². The molecule has 0 radical (unpaired) electrons. The van der Waals surface area contributed by atoms with Gasteiger partial charge in [-0.25, -0.2) is 0 Å². The molecule has 22 heavy (non-hydrogen) atoms. The van der Waals surface area contributed by atoms with Gasteiger partial charge in [0.25, 0.3) is 5.69 Å². The lowest BCUT2D eigenvalue weighted by Gasteiger charge is -2.18. The molecule has 1 N–H and O–H groups in total. The van der Waals surface area contributed by atoms with Gasteiger partial charge in [-0.2, -0.15) is 13.2 Å². The van der Waals surface area contributed by atoms with E-state index in [-0.39, 0.29) is 11.6 Å². The van der Waals surface area contributed by atoms with Crippen molar-refractivity contribution in [2.75, 3.05) is 26.2 Å². The molecule has 5 nitrogen and oxygen atoms in total. The van der Waals surface area contributed by atoms with E-state index in [1.165, 1.54) is 11.0 Å². The third-order valence-electron chi connectivity index (χ3n) is 3.71. The fourth-order valence-corrected chi connectivity index (χ4v) is 2.73. The average molecular weight is 317 g/mol. The van der Waals surface area contributed by atoms with Gasteiger partial charge in [0.15, 0.2) is 0 Å². The van der Waals surface area contributed by atoms with Crippen molar-refractivity contribution in [1.29, 1.82) is 0 Å². The lowest BCUT2D eigenvalue weighted by atomic mass is 10.1. The maximum Gasteiger partial charge on any atom is 0.401 e. The van der Waals surface area contributed by atoms with E-state index in [4.69, 9.17) is 0 Å². The highest BCUT2D eigenvalue weighted by Crippen LogP contribution is 2.23. The van der Waals surface area contributed by atoms with Gasteiger partial charge in [0, 0.05) is 24.7 Å². The topological polar surface area (TPSA) is 58.4 Å². The fraction of sp³-hybridized carbons (Fsp3) is 0.571. The zero-order chi connectivity index (χ0) is 16.2. The van der Waals surface area contributed by atoms with Gasteiger partial charge in [0.1, 0.15) is 0 Å². The Bertz CT molecular complexity index is 522. The number of nitrogens with zero attached hydrogens (tertiary/aromatic N) is 2. The van der Waals surface area contributed by atoms with Crippen molar-refractivity contribution in [2.45, 2.75) is 19.1 Å². The molecule has 1 fully saturated rings. The molecule has 122 valence electrons. The summed E-state index contributed by atoms with van der Waals surface area (Å²) in [6, 6.07) is 6.45. The van der Waals surface area contributed by atoms with E-state index in [0.29, 0.717) is 38.2 Å². The Kier molecular flexibility index (Phi) is 5.36. The smallest absolute Gasteiger partial charge is 0.312 e. The first-order valence-corrected chi connectivity index (χ1v) is 7.07. The fourth-order valence-electron chi connectivity index (χ4n) is 2.73. The summed E-state index contributed by atoms with van der Waals surface area (Å²) >= 11 is 0. The Labute approximate surface area is 126 Å². The van der Waals surface area contributed by atoms with Gasteiger partial charge < -0.3 is 5.32 Å². The van der Waals surface area contributed by atoms with Crippen LogP contribution < -0.4 is 5.32 Å². The molecule has 0 aromatic heterocycles. The largest absolute Gasteiger partial charge is 0.401 e. The molecule has 0 spiro atoms. The van der Waals surface area contributed by atoms with Gasteiger partial charge in [0.2, 0.25) is 0 Å². The number of nitro groups is 1. The van der Waals surface area contributed by atoms with E-state index < -0.39 is 17.6 Å². The average Bonchev–Trinajstić information content (AvgIpc) is 2.84. The van der Waals surface area contributed by atoms with Gasteiger partial charge in [0.05, 0.1) is 11.5 Å². The number of halogens is 3. The third kappa shape index (κ3) is 4.96. The van der Waals surface area contributed by atoms with Gasteiger partial charge in [-0.1, -0.05) is 18.2 Å². The molecule has 1 aromatic rings. The molecule has 0 aliphatic carbocycles. The van der Waals surface area contributed by atoms with E-state index in [9.17, 15) is 23.3 Å². The van der Waals surface area contributed by atoms with Crippen molar-refractivity contribution in [2.24, 2.45) is 5.92 Å². The number of para-hydroxylation sites is 1. The van der Waals surface area contributed by atoms with Crippen molar-refractivity contribution >= 4 is 5.69 Å². The zero-order valence-corrected chi connectivity index (χ0v) is 12.0. The van der Waals surface area contributed by atoms with Crippen LogP contribution in [0.15, 0.2) is 24.3 Å². The highest BCUT2D eigenvalue weighted by atomic mass is 19.4. The molecule has 1 unspecified atom stereocenters. The molecule has 1 heterocycles. The lowest BCUT2D eigenvalue weighted by Crippen LogP contribution is -2.33. The Morgan fingerprint density at radius 2 is 2.09 bits per heavy atom. The number of alkyl halides is 3. The summed E-state index contributed by atoms with van der Waals surface area (Å²) in [6.45, 7) is 0.877. The van der Waals surface area contributed by atoms with Crippen LogP contribution in [0.4, 0.5) is 18.9 Å². The second-order valence-electron chi connectivity index (χ2n) is 5.52. The normalized spacial score (nSPS) is 19.5. The van der Waals surface area contributed by atoms with Crippen molar-refractivity contribution in [3.63, 3.8) is 0 Å². The summed E-state index contributed by atoms with van der Waals surface area (Å²) in [5.41, 5.74) is 0.637. The maximum absolute atomic E-state index is 12.3. The number of hydrogen-bond acceptors (Lipinski definition) is 4. The van der Waals surface area contributed by atoms with Crippen LogP contribution in [-0.2, 0) is 6.54 Å². The van der Waals surface area contributed by atoms with Gasteiger partial charge in [-0.3, -0.25) is 15.0 Å². The van der Waals surface area contributed by atoms with Crippen LogP contribution in [0.5, 0.6) is 0 Å². The van der Waals surface area contributed by atoms with E-state index >= 15 is 0 Å². The molecular formula is C14H18F3N3O2. The number of likely N-dealkylation sites (tertiary alicyclic amines) is 1. The maximum atomic E-state index is 12.3. The highest BCUT2D eigenvalue weighted by Gasteiger charge is 2.34. The Morgan fingerprint density at radius 1 is 1.36 bits per heavy atom. The van der Waals surface area contributed by atoms with Gasteiger partial charge in [-0.15, -0.1) is 0 Å². The number of hydrogen-bond donors (Lipinski definition) is 1. The highest BCUT2D eigenvalue weighted by molar-refractivity contribution is 5.39. The van der Waals surface area contributed by atoms with Gasteiger partial charge in [-0.05, 0) is 25.4 Å². The van der Waals surface area contributed by atoms with E-state index in [0.717, 1.165) is 0 Å². The second kappa shape index (κ2) is 7.06. The minimum Gasteiger partial charge on any atom is -0.312 e. The SMILES string of the molecule is O=[N+]([O-])c1ccccc1CNCC1CCN(CC(F)(F)F)C1. The standard InChI is InChI=1S/C14H18F3N3O2/c15-14(16,17)10-19-6-5-11(9-19)7-18-8-12-3-1-2-4-13(12)20(21)22/h1-4,11,18H,5-10H2. The predicted octanol–water partition coefficient (Wildman–Crippen LogP) is 2.57. The first kappa shape index (κ1) is 16.7. The number of nitro benzene ring substituents is 1. The molecule has 2 rings (SSSR count). The monoisotopic (exact) mass is 317 g/mol. The Hall–Kier alpha value is -1.67. The molecule has 1 aliphatic rings. The molecule has 1 atom stereocenters. The van der Waals surface area contributed by atoms with Crippen LogP contribution >= 0.6 is 0 Å². The quantitative estimate of drug-likeness (QED) is 0.647. The summed E-state index contributed by atoms with van der Waals surface area (Å²) < 4.78 is 36.9. The first-order valence-electron chi connectivity index (χ1n) is 7.07. The van der Waals surface area contributed by atoms with Gasteiger partial charge >= 0.3 is 6.18 Å². The third-order valence-corrected chi connectivity index (χ3v) is 3.71. The molecule has 1 aromatic carbocycles. The summed E-state index contributed by atoms with van der Waals surface area (Å²) in [6.07, 6.45) is -3.45. The van der Waals surface area contributed by atoms with Crippen LogP contribution in [0.25, 0.3) is 0 Å². The summed E-state index contributed by atoms with van der Waals surface area (Å²) in [7, 11) is 0. The summed E-state index contributed by atoms with van der Waals surface area (Å²) in [5, 5.41) is 14.0. The molecule has 1 saturated heterocycles. The molecule has 8 heteroatoms. The molecule has 0 bridgehead atoms. The van der Waals surface area contributed by atoms with Crippen molar-refractivity contribution in [3.05, 3.63) is 39.9 Å². The van der Waals surface area contributed by atoms with Crippen LogP contribution in [0.1, 0.15) is 12.0 Å². The first-order chi connectivity index (χ1) is 10.3. The summed E-state index contributed by atoms with van der Waals surface area (Å²) in [5.74, 6) is 0.144. The molecular weight excluding hydrogens is 299 g/mol. The Morgan fingerprint density at radius 3 is 2.77 bits per heavy atom. The van der Waals surface area contributed by atoms with Crippen molar-refractivity contribution in [3.8, 4) is 0 Å². The zero-order valence-electron chi connectivity index (χ0n) is 12.0. The number of rotatable bonds is 6. The predicted molar refractivity (Wildman–Crippen MR) is 75.4 cm³/mol. The molecule has 0 amide bonds. The van der Waals surface area contributed by atoms with E-state index in [2.05, 4.69) is 5.32 Å². The second-order valence-corrected chi connectivity index (χ2v) is 5.52. The van der Waals surface area contributed by atoms with Crippen LogP contribution in [0.2, 0.25) is 0 Å². The summed E-state index contributed by atoms with van der Waals surface area (Å²) in [4.78, 5) is 11.8. The number of benzene rings is 1. The van der Waals surface area contributed by atoms with Crippen LogP contribution in [0, 0.1) is 16.0 Å². The molecule has 0 saturated carbocycles. The minimum absolute atomic E-state index is 0.0557. The Balaban J connectivity index is 1.77. The minimum atomic E-state index is -4.16. The molecule has 1 aliphatic heterocycles. The van der Waals surface area contributed by atoms with Crippen molar-refractivity contribution < 1.29 is 18.1 Å². The van der Waals surface area contributed by atoms with Crippen molar-refractivity contribution in [1.82, 2.24) is 10.2 Å². The van der Waals surface area contributed by atoms with E-state index in [1.807, 2.05) is 0 Å². The van der Waals surface area contributed by atoms with E-state index in [1.54, 1.807) is 18.2 Å².